The van der Waals surface area contributed by atoms with Gasteiger partial charge < -0.3 is 4.90 Å². The largest absolute Gasteiger partial charge is 0.356 e. The third kappa shape index (κ3) is 4.66. The number of halogens is 1. The first-order chi connectivity index (χ1) is 14.9. The fourth-order valence-electron chi connectivity index (χ4n) is 3.82. The Morgan fingerprint density at radius 3 is 2.55 bits per heavy atom. The van der Waals surface area contributed by atoms with Gasteiger partial charge in [-0.15, -0.1) is 11.3 Å². The number of thiophene rings is 1. The predicted molar refractivity (Wildman–Crippen MR) is 118 cm³/mol. The van der Waals surface area contributed by atoms with Crippen molar-refractivity contribution < 1.29 is 14.0 Å². The summed E-state index contributed by atoms with van der Waals surface area (Å²) < 4.78 is 12.9. The van der Waals surface area contributed by atoms with Crippen molar-refractivity contribution in [3.8, 4) is 0 Å². The Hall–Kier alpha value is -3.07. The summed E-state index contributed by atoms with van der Waals surface area (Å²) in [5.41, 5.74) is 6.87. The van der Waals surface area contributed by atoms with E-state index in [-0.39, 0.29) is 30.0 Å². The van der Waals surface area contributed by atoms with Crippen molar-refractivity contribution in [2.75, 3.05) is 18.0 Å². The summed E-state index contributed by atoms with van der Waals surface area (Å²) in [6.07, 6.45) is 3.02. The van der Waals surface area contributed by atoms with Gasteiger partial charge in [-0.1, -0.05) is 12.1 Å². The number of piperidine rings is 1. The summed E-state index contributed by atoms with van der Waals surface area (Å²) in [5.74, 6) is -0.134. The number of rotatable bonds is 4. The van der Waals surface area contributed by atoms with Gasteiger partial charge in [0.05, 0.1) is 11.8 Å². The van der Waals surface area contributed by atoms with Crippen molar-refractivity contribution in [3.63, 3.8) is 0 Å². The highest BCUT2D eigenvalue weighted by Crippen LogP contribution is 2.35. The molecule has 0 bridgehead atoms. The number of carbonyl (C=O) groups excluding carboxylic acids is 2. The van der Waals surface area contributed by atoms with Crippen LogP contribution >= 0.6 is 11.3 Å². The molecule has 9 heteroatoms. The number of hydrazine groups is 1. The van der Waals surface area contributed by atoms with Crippen LogP contribution in [0.2, 0.25) is 0 Å². The lowest BCUT2D eigenvalue weighted by Gasteiger charge is -2.32. The summed E-state index contributed by atoms with van der Waals surface area (Å²) in [7, 11) is 0. The number of hydrogen-bond donors (Lipinski definition) is 2. The molecule has 1 aliphatic heterocycles. The number of fused-ring (bicyclic) bond motifs is 1. The molecule has 0 spiro atoms. The Morgan fingerprint density at radius 2 is 1.84 bits per heavy atom. The second-order valence-electron chi connectivity index (χ2n) is 7.76. The Morgan fingerprint density at radius 1 is 1.13 bits per heavy atom. The van der Waals surface area contributed by atoms with E-state index in [0.717, 1.165) is 16.0 Å². The average Bonchev–Trinajstić information content (AvgIpc) is 3.07. The van der Waals surface area contributed by atoms with Crippen LogP contribution in [0.4, 0.5) is 10.2 Å². The van der Waals surface area contributed by atoms with Crippen LogP contribution in [0.3, 0.4) is 0 Å². The van der Waals surface area contributed by atoms with Gasteiger partial charge in [0.15, 0.2) is 0 Å². The Balaban J connectivity index is 1.30. The zero-order valence-electron chi connectivity index (χ0n) is 17.4. The molecule has 0 unspecified atom stereocenters. The molecular formula is C22H24FN5O2S. The van der Waals surface area contributed by atoms with Gasteiger partial charge in [0.1, 0.15) is 22.8 Å². The molecule has 1 saturated heterocycles. The van der Waals surface area contributed by atoms with E-state index in [9.17, 15) is 14.0 Å². The maximum atomic E-state index is 12.9. The van der Waals surface area contributed by atoms with E-state index in [1.165, 1.54) is 22.6 Å². The Bertz CT molecular complexity index is 1110. The highest BCUT2D eigenvalue weighted by Gasteiger charge is 2.27. The van der Waals surface area contributed by atoms with Crippen molar-refractivity contribution in [1.82, 2.24) is 20.8 Å². The highest BCUT2D eigenvalue weighted by atomic mass is 32.1. The quantitative estimate of drug-likeness (QED) is 0.608. The average molecular weight is 442 g/mol. The monoisotopic (exact) mass is 441 g/mol. The minimum atomic E-state index is -0.351. The number of aryl methyl sites for hydroxylation is 2. The molecule has 0 saturated carbocycles. The number of nitrogens with one attached hydrogen (secondary N) is 2. The van der Waals surface area contributed by atoms with Gasteiger partial charge in [-0.3, -0.25) is 20.4 Å². The first-order valence-electron chi connectivity index (χ1n) is 10.2. The summed E-state index contributed by atoms with van der Waals surface area (Å²) >= 11 is 1.67. The highest BCUT2D eigenvalue weighted by molar-refractivity contribution is 7.18. The predicted octanol–water partition coefficient (Wildman–Crippen LogP) is 3.05. The van der Waals surface area contributed by atoms with Crippen molar-refractivity contribution in [2.24, 2.45) is 5.92 Å². The number of nitrogens with zero attached hydrogens (tertiary/aromatic N) is 3. The van der Waals surface area contributed by atoms with Crippen molar-refractivity contribution in [1.29, 1.82) is 0 Å². The maximum absolute atomic E-state index is 12.9. The molecule has 0 aliphatic carbocycles. The molecule has 0 atom stereocenters. The zero-order valence-corrected chi connectivity index (χ0v) is 18.3. The molecule has 1 aromatic carbocycles. The number of amides is 2. The van der Waals surface area contributed by atoms with Crippen LogP contribution in [0.5, 0.6) is 0 Å². The molecule has 2 aromatic heterocycles. The molecule has 1 fully saturated rings. The van der Waals surface area contributed by atoms with Gasteiger partial charge in [-0.2, -0.15) is 0 Å². The summed E-state index contributed by atoms with van der Waals surface area (Å²) in [6.45, 7) is 5.60. The summed E-state index contributed by atoms with van der Waals surface area (Å²) in [6, 6.07) is 5.71. The Kier molecular flexibility index (Phi) is 6.13. The van der Waals surface area contributed by atoms with Gasteiger partial charge in [-0.25, -0.2) is 14.4 Å². The van der Waals surface area contributed by atoms with Crippen molar-refractivity contribution in [3.05, 3.63) is 52.4 Å². The van der Waals surface area contributed by atoms with Crippen LogP contribution in [-0.2, 0) is 16.0 Å². The van der Waals surface area contributed by atoms with Crippen molar-refractivity contribution >= 4 is 39.2 Å². The normalized spacial score (nSPS) is 14.6. The van der Waals surface area contributed by atoms with E-state index in [1.807, 2.05) is 0 Å². The molecule has 4 rings (SSSR count). The summed E-state index contributed by atoms with van der Waals surface area (Å²) in [5, 5.41) is 1.10. The molecule has 3 aromatic rings. The number of anilines is 1. The molecule has 1 aliphatic rings. The smallest absolute Gasteiger partial charge is 0.242 e. The van der Waals surface area contributed by atoms with E-state index in [0.29, 0.717) is 31.5 Å². The van der Waals surface area contributed by atoms with Crippen LogP contribution < -0.4 is 15.8 Å². The van der Waals surface area contributed by atoms with Gasteiger partial charge in [0, 0.05) is 23.9 Å². The third-order valence-electron chi connectivity index (χ3n) is 5.71. The van der Waals surface area contributed by atoms with Crippen LogP contribution in [0.25, 0.3) is 10.2 Å². The first-order valence-corrected chi connectivity index (χ1v) is 11.0. The molecule has 3 heterocycles. The minimum Gasteiger partial charge on any atom is -0.356 e. The molecule has 2 N–H and O–H groups in total. The van der Waals surface area contributed by atoms with E-state index in [4.69, 9.17) is 0 Å². The molecule has 0 radical (unpaired) electrons. The standard InChI is InChI=1S/C22H24FN5O2S/c1-13-14(2)31-22-19(13)20(24-12-25-22)28-9-7-16(8-10-28)21(30)27-26-18(29)11-15-3-5-17(23)6-4-15/h3-6,12,16H,7-11H2,1-2H3,(H,26,29)(H,27,30). The lowest BCUT2D eigenvalue weighted by atomic mass is 9.96. The number of carbonyl (C=O) groups is 2. The zero-order chi connectivity index (χ0) is 22.0. The molecular weight excluding hydrogens is 417 g/mol. The Labute approximate surface area is 183 Å². The molecule has 2 amide bonds. The lowest BCUT2D eigenvalue weighted by Crippen LogP contribution is -2.48. The van der Waals surface area contributed by atoms with Crippen molar-refractivity contribution in [2.45, 2.75) is 33.1 Å². The topological polar surface area (TPSA) is 87.2 Å². The van der Waals surface area contributed by atoms with Gasteiger partial charge >= 0.3 is 0 Å². The molecule has 7 nitrogen and oxygen atoms in total. The van der Waals surface area contributed by atoms with Gasteiger partial charge in [0.2, 0.25) is 11.8 Å². The maximum Gasteiger partial charge on any atom is 0.242 e. The van der Waals surface area contributed by atoms with Crippen LogP contribution in [0.15, 0.2) is 30.6 Å². The van der Waals surface area contributed by atoms with E-state index < -0.39 is 0 Å². The second kappa shape index (κ2) is 8.97. The fourth-order valence-corrected chi connectivity index (χ4v) is 4.81. The second-order valence-corrected chi connectivity index (χ2v) is 8.97. The van der Waals surface area contributed by atoms with E-state index in [1.54, 1.807) is 29.8 Å². The van der Waals surface area contributed by atoms with Crippen LogP contribution in [-0.4, -0.2) is 34.9 Å². The van der Waals surface area contributed by atoms with Gasteiger partial charge in [0.25, 0.3) is 0 Å². The van der Waals surface area contributed by atoms with Crippen LogP contribution in [0.1, 0.15) is 28.8 Å². The molecule has 31 heavy (non-hydrogen) atoms. The third-order valence-corrected chi connectivity index (χ3v) is 6.83. The fraction of sp³-hybridized carbons (Fsp3) is 0.364. The minimum absolute atomic E-state index is 0.0716. The van der Waals surface area contributed by atoms with Crippen LogP contribution in [0, 0.1) is 25.6 Å². The van der Waals surface area contributed by atoms with Gasteiger partial charge in [-0.05, 0) is 49.9 Å². The number of aromatic nitrogens is 2. The van der Waals surface area contributed by atoms with E-state index in [2.05, 4.69) is 39.6 Å². The lowest BCUT2D eigenvalue weighted by molar-refractivity contribution is -0.131. The number of hydrogen-bond acceptors (Lipinski definition) is 6. The number of benzene rings is 1. The van der Waals surface area contributed by atoms with E-state index >= 15 is 0 Å². The molecule has 162 valence electrons. The SMILES string of the molecule is Cc1sc2ncnc(N3CCC(C(=O)NNC(=O)Cc4ccc(F)cc4)CC3)c2c1C. The first kappa shape index (κ1) is 21.2. The summed E-state index contributed by atoms with van der Waals surface area (Å²) in [4.78, 5) is 37.9.